The van der Waals surface area contributed by atoms with Crippen LogP contribution in [0.3, 0.4) is 0 Å². The number of rotatable bonds is 3. The first-order valence-corrected chi connectivity index (χ1v) is 19.2. The zero-order chi connectivity index (χ0) is 36.2. The summed E-state index contributed by atoms with van der Waals surface area (Å²) in [6.45, 7) is 0. The second-order valence-electron chi connectivity index (χ2n) is 15.2. The third kappa shape index (κ3) is 3.53. The van der Waals surface area contributed by atoms with Crippen molar-refractivity contribution in [3.8, 4) is 34.0 Å². The Labute approximate surface area is 318 Å². The van der Waals surface area contributed by atoms with Crippen molar-refractivity contribution >= 4 is 93.6 Å². The molecule has 260 valence electrons. The Kier molecular flexibility index (Phi) is 5.28. The molecule has 56 heavy (non-hydrogen) atoms. The van der Waals surface area contributed by atoms with Gasteiger partial charge in [-0.25, -0.2) is 9.97 Å². The average Bonchev–Trinajstić information content (AvgIpc) is 3.98. The quantitative estimate of drug-likeness (QED) is 0.183. The molecule has 6 heteroatoms. The van der Waals surface area contributed by atoms with E-state index in [1.54, 1.807) is 0 Å². The topological polar surface area (TPSA) is 61.9 Å². The van der Waals surface area contributed by atoms with E-state index in [0.29, 0.717) is 17.2 Å². The van der Waals surface area contributed by atoms with Crippen molar-refractivity contribution < 1.29 is 8.83 Å². The van der Waals surface area contributed by atoms with Crippen LogP contribution in [0.4, 0.5) is 0 Å². The lowest BCUT2D eigenvalue weighted by molar-refractivity contribution is 0.662. The van der Waals surface area contributed by atoms with Crippen LogP contribution in [0.15, 0.2) is 148 Å². The van der Waals surface area contributed by atoms with E-state index < -0.39 is 0 Å². The summed E-state index contributed by atoms with van der Waals surface area (Å²) in [6.07, 6.45) is 6.61. The molecule has 2 aliphatic rings. The number of allylic oxidation sites excluding steroid dienone is 1. The minimum absolute atomic E-state index is 0.649. The molecule has 0 amide bonds. The van der Waals surface area contributed by atoms with Crippen LogP contribution in [0.25, 0.3) is 128 Å². The fraction of sp³-hybridized carbons (Fsp3) is 0.0400. The van der Waals surface area contributed by atoms with E-state index in [1.807, 2.05) is 18.2 Å². The molecule has 0 spiro atoms. The number of aromatic nitrogens is 4. The summed E-state index contributed by atoms with van der Waals surface area (Å²) >= 11 is 0. The Morgan fingerprint density at radius 2 is 1.32 bits per heavy atom. The van der Waals surface area contributed by atoms with Crippen molar-refractivity contribution in [2.45, 2.75) is 12.8 Å². The summed E-state index contributed by atoms with van der Waals surface area (Å²) in [5.41, 5.74) is 14.4. The van der Waals surface area contributed by atoms with Crippen LogP contribution in [0.5, 0.6) is 0 Å². The fourth-order valence-corrected chi connectivity index (χ4v) is 10.0. The molecule has 0 saturated carbocycles. The number of hydrogen-bond donors (Lipinski definition) is 0. The molecular weight excluding hydrogens is 689 g/mol. The average molecular weight is 717 g/mol. The molecule has 0 radical (unpaired) electrons. The number of nitrogens with zero attached hydrogens (tertiary/aromatic N) is 4. The van der Waals surface area contributed by atoms with E-state index in [-0.39, 0.29) is 0 Å². The number of fused-ring (bicyclic) bond motifs is 7. The van der Waals surface area contributed by atoms with Gasteiger partial charge in [-0.05, 0) is 101 Å². The predicted octanol–water partition coefficient (Wildman–Crippen LogP) is 13.1. The van der Waals surface area contributed by atoms with Crippen molar-refractivity contribution in [1.29, 1.82) is 0 Å². The lowest BCUT2D eigenvalue weighted by Gasteiger charge is -2.13. The van der Waals surface area contributed by atoms with Crippen molar-refractivity contribution in [3.05, 3.63) is 151 Å². The van der Waals surface area contributed by atoms with E-state index in [0.717, 1.165) is 79.1 Å². The van der Waals surface area contributed by atoms with Crippen LogP contribution in [-0.4, -0.2) is 19.1 Å². The lowest BCUT2D eigenvalue weighted by Crippen LogP contribution is -2.02. The molecule has 14 rings (SSSR count). The molecule has 6 nitrogen and oxygen atoms in total. The molecule has 2 aliphatic carbocycles. The van der Waals surface area contributed by atoms with Crippen LogP contribution in [0, 0.1) is 0 Å². The van der Waals surface area contributed by atoms with E-state index in [4.69, 9.17) is 18.8 Å². The van der Waals surface area contributed by atoms with Crippen LogP contribution in [0.1, 0.15) is 17.7 Å². The third-order valence-electron chi connectivity index (χ3n) is 12.3. The van der Waals surface area contributed by atoms with Gasteiger partial charge in [-0.3, -0.25) is 4.57 Å². The summed E-state index contributed by atoms with van der Waals surface area (Å²) in [5, 5.41) is 9.33. The summed E-state index contributed by atoms with van der Waals surface area (Å²) in [6, 6.07) is 47.4. The van der Waals surface area contributed by atoms with Crippen LogP contribution in [0.2, 0.25) is 0 Å². The highest BCUT2D eigenvalue weighted by Crippen LogP contribution is 2.51. The normalized spacial score (nSPS) is 13.5. The first-order valence-electron chi connectivity index (χ1n) is 19.2. The maximum atomic E-state index is 6.76. The highest BCUT2D eigenvalue weighted by atomic mass is 16.3. The maximum absolute atomic E-state index is 6.76. The standard InChI is InChI=1S/C50H28N4O2/c1-2-11-29(12-3-1)53-35-17-6-4-13-30(35)31-22-20-28(26-38(31)53)49-51-47-34-14-5-7-18-39(34)56-48(47)50(52-49)54-36-23-21-27-10-8-15-32-33-16-9-19-40-43(33)46-41(55-40)25-24-37(54)45(46)44(36)42(27)32/h1-3,5-12,14-26H,4,13H2. The van der Waals surface area contributed by atoms with Crippen molar-refractivity contribution in [2.75, 3.05) is 0 Å². The van der Waals surface area contributed by atoms with Gasteiger partial charge in [-0.15, -0.1) is 0 Å². The van der Waals surface area contributed by atoms with Crippen molar-refractivity contribution in [3.63, 3.8) is 0 Å². The molecule has 0 bridgehead atoms. The molecule has 0 aliphatic heterocycles. The first-order chi connectivity index (χ1) is 27.8. The van der Waals surface area contributed by atoms with Gasteiger partial charge in [0.1, 0.15) is 22.3 Å². The molecule has 0 atom stereocenters. The summed E-state index contributed by atoms with van der Waals surface area (Å²) in [5.74, 6) is 1.36. The number of furan rings is 2. The van der Waals surface area contributed by atoms with Gasteiger partial charge in [-0.2, -0.15) is 0 Å². The molecule has 0 N–H and O–H groups in total. The van der Waals surface area contributed by atoms with E-state index in [2.05, 4.69) is 137 Å². The molecule has 5 heterocycles. The predicted molar refractivity (Wildman–Crippen MR) is 227 cm³/mol. The van der Waals surface area contributed by atoms with Gasteiger partial charge in [0.25, 0.3) is 0 Å². The molecule has 12 aromatic rings. The maximum Gasteiger partial charge on any atom is 0.197 e. The van der Waals surface area contributed by atoms with Crippen LogP contribution >= 0.6 is 0 Å². The Hall–Kier alpha value is -7.44. The Bertz CT molecular complexity index is 3760. The van der Waals surface area contributed by atoms with E-state index >= 15 is 0 Å². The number of benzene rings is 7. The number of aryl methyl sites for hydroxylation is 1. The largest absolute Gasteiger partial charge is 0.456 e. The summed E-state index contributed by atoms with van der Waals surface area (Å²) in [7, 11) is 0. The molecule has 7 aromatic carbocycles. The van der Waals surface area contributed by atoms with Gasteiger partial charge in [0.05, 0.1) is 16.6 Å². The Balaban J connectivity index is 1.13. The Morgan fingerprint density at radius 3 is 2.25 bits per heavy atom. The zero-order valence-corrected chi connectivity index (χ0v) is 29.9. The monoisotopic (exact) mass is 716 g/mol. The fourth-order valence-electron chi connectivity index (χ4n) is 10.0. The molecule has 0 saturated heterocycles. The summed E-state index contributed by atoms with van der Waals surface area (Å²) < 4.78 is 18.0. The van der Waals surface area contributed by atoms with Gasteiger partial charge >= 0.3 is 0 Å². The second-order valence-corrected chi connectivity index (χ2v) is 15.2. The van der Waals surface area contributed by atoms with Gasteiger partial charge in [0.15, 0.2) is 17.2 Å². The lowest BCUT2D eigenvalue weighted by atomic mass is 9.95. The number of para-hydroxylation sites is 2. The second kappa shape index (κ2) is 10.2. The Morgan fingerprint density at radius 1 is 0.536 bits per heavy atom. The third-order valence-corrected chi connectivity index (χ3v) is 12.3. The summed E-state index contributed by atoms with van der Waals surface area (Å²) in [4.78, 5) is 10.9. The molecule has 5 aromatic heterocycles. The van der Waals surface area contributed by atoms with Crippen molar-refractivity contribution in [1.82, 2.24) is 19.1 Å². The minimum atomic E-state index is 0.649. The smallest absolute Gasteiger partial charge is 0.197 e. The van der Waals surface area contributed by atoms with Gasteiger partial charge in [0, 0.05) is 49.3 Å². The van der Waals surface area contributed by atoms with Crippen molar-refractivity contribution in [2.24, 2.45) is 0 Å². The van der Waals surface area contributed by atoms with Crippen LogP contribution < -0.4 is 0 Å². The zero-order valence-electron chi connectivity index (χ0n) is 29.9. The molecular formula is C50H28N4O2. The van der Waals surface area contributed by atoms with E-state index in [1.165, 1.54) is 49.3 Å². The van der Waals surface area contributed by atoms with Gasteiger partial charge < -0.3 is 13.4 Å². The number of hydrogen-bond acceptors (Lipinski definition) is 4. The molecule has 0 fully saturated rings. The van der Waals surface area contributed by atoms with E-state index in [9.17, 15) is 0 Å². The molecule has 0 unspecified atom stereocenters. The highest BCUT2D eigenvalue weighted by Gasteiger charge is 2.29. The first kappa shape index (κ1) is 29.0. The van der Waals surface area contributed by atoms with Crippen LogP contribution in [-0.2, 0) is 6.42 Å². The highest BCUT2D eigenvalue weighted by molar-refractivity contribution is 6.38. The minimum Gasteiger partial charge on any atom is -0.456 e. The van der Waals surface area contributed by atoms with Gasteiger partial charge in [0.2, 0.25) is 0 Å². The SMILES string of the molecule is C1=Cc2c(c3ccc(-c4nc(-n5c6ccc7cccc8c7c6c6c7c(ccc65)oc5cccc-8c57)c5oc6ccccc6c5n4)cc3n2-c2ccccc2)CC1. The van der Waals surface area contributed by atoms with Gasteiger partial charge in [-0.1, -0.05) is 84.9 Å².